The molecule has 1 aromatic rings. The minimum atomic E-state index is -0.865. The Balaban J connectivity index is 1.48. The Kier molecular flexibility index (Phi) is 9.49. The highest BCUT2D eigenvalue weighted by Crippen LogP contribution is 2.45. The molecule has 0 saturated heterocycles. The van der Waals surface area contributed by atoms with Crippen LogP contribution in [0.15, 0.2) is 29.3 Å². The summed E-state index contributed by atoms with van der Waals surface area (Å²) < 4.78 is 24.5. The molecule has 6 nitrogen and oxygen atoms in total. The number of nitrogens with zero attached hydrogens (tertiary/aromatic N) is 3. The van der Waals surface area contributed by atoms with Crippen LogP contribution in [0, 0.1) is 17.7 Å². The number of ether oxygens (including phenoxy) is 2. The number of rotatable bonds is 9. The smallest absolute Gasteiger partial charge is 0.438 e. The second kappa shape index (κ2) is 12.6. The number of hydrogen-bond donors (Lipinski definition) is 0. The van der Waals surface area contributed by atoms with Crippen LogP contribution in [0.25, 0.3) is 0 Å². The van der Waals surface area contributed by atoms with Gasteiger partial charge in [-0.2, -0.15) is 0 Å². The first kappa shape index (κ1) is 27.9. The quantitative estimate of drug-likeness (QED) is 0.333. The van der Waals surface area contributed by atoms with Crippen LogP contribution in [0.1, 0.15) is 95.6 Å². The largest absolute Gasteiger partial charge is 0.510 e. The lowest BCUT2D eigenvalue weighted by molar-refractivity contribution is -0.0686. The van der Waals surface area contributed by atoms with Crippen LogP contribution < -0.4 is 0 Å². The zero-order valence-corrected chi connectivity index (χ0v) is 23.2. The number of benzene rings is 1. The highest BCUT2D eigenvalue weighted by Gasteiger charge is 2.51. The summed E-state index contributed by atoms with van der Waals surface area (Å²) in [5, 5.41) is 0. The third kappa shape index (κ3) is 6.47. The fraction of sp³-hybridized carbons (Fsp3) is 0.733. The molecule has 206 valence electrons. The van der Waals surface area contributed by atoms with Crippen LogP contribution in [0.3, 0.4) is 0 Å². The molecule has 0 amide bonds. The zero-order chi connectivity index (χ0) is 26.4. The summed E-state index contributed by atoms with van der Waals surface area (Å²) in [4.78, 5) is 22.0. The highest BCUT2D eigenvalue weighted by atomic mass is 19.1. The summed E-state index contributed by atoms with van der Waals surface area (Å²) in [6.45, 7) is 2.13. The van der Waals surface area contributed by atoms with Gasteiger partial charge in [0.15, 0.2) is 0 Å². The van der Waals surface area contributed by atoms with E-state index in [4.69, 9.17) is 14.5 Å². The van der Waals surface area contributed by atoms with E-state index < -0.39 is 11.9 Å². The minimum absolute atomic E-state index is 0.0537. The molecule has 3 aliphatic rings. The van der Waals surface area contributed by atoms with Crippen molar-refractivity contribution in [3.63, 3.8) is 0 Å². The van der Waals surface area contributed by atoms with Crippen molar-refractivity contribution in [1.82, 2.24) is 9.80 Å². The lowest BCUT2D eigenvalue weighted by atomic mass is 9.73. The number of carbonyl (C=O) groups excluding carboxylic acids is 1. The maximum Gasteiger partial charge on any atom is 0.510 e. The molecule has 1 heterocycles. The molecule has 1 aromatic carbocycles. The Labute approximate surface area is 222 Å². The van der Waals surface area contributed by atoms with E-state index in [0.29, 0.717) is 24.3 Å². The molecular formula is C30H46FN3O3. The molecule has 0 spiro atoms. The highest BCUT2D eigenvalue weighted by molar-refractivity contribution is 5.64. The molecule has 0 aromatic heterocycles. The van der Waals surface area contributed by atoms with Gasteiger partial charge in [-0.3, -0.25) is 0 Å². The minimum Gasteiger partial charge on any atom is -0.438 e. The number of methoxy groups -OCH3 is 1. The fourth-order valence-electron chi connectivity index (χ4n) is 7.23. The van der Waals surface area contributed by atoms with Gasteiger partial charge in [0.1, 0.15) is 5.82 Å². The second-order valence-corrected chi connectivity index (χ2v) is 11.6. The summed E-state index contributed by atoms with van der Waals surface area (Å²) in [6, 6.07) is 7.84. The van der Waals surface area contributed by atoms with Crippen LogP contribution in [0.5, 0.6) is 0 Å². The summed E-state index contributed by atoms with van der Waals surface area (Å²) in [5.41, 5.74) is 0.326. The number of halogens is 1. The summed E-state index contributed by atoms with van der Waals surface area (Å²) in [5.74, 6) is 0.913. The van der Waals surface area contributed by atoms with E-state index in [9.17, 15) is 9.18 Å². The number of hydrogen-bond acceptors (Lipinski definition) is 6. The van der Waals surface area contributed by atoms with Gasteiger partial charge < -0.3 is 19.3 Å². The Morgan fingerprint density at radius 2 is 1.78 bits per heavy atom. The normalized spacial score (nSPS) is 29.5. The van der Waals surface area contributed by atoms with Crippen LogP contribution in [0.2, 0.25) is 0 Å². The molecule has 3 unspecified atom stereocenters. The van der Waals surface area contributed by atoms with E-state index in [0.717, 1.165) is 38.5 Å². The van der Waals surface area contributed by atoms with E-state index >= 15 is 0 Å². The van der Waals surface area contributed by atoms with Crippen LogP contribution in [0.4, 0.5) is 9.18 Å². The van der Waals surface area contributed by atoms with Gasteiger partial charge in [0.05, 0.1) is 19.5 Å². The predicted octanol–water partition coefficient (Wildman–Crippen LogP) is 6.95. The van der Waals surface area contributed by atoms with Crippen LogP contribution >= 0.6 is 0 Å². The van der Waals surface area contributed by atoms with Crippen molar-refractivity contribution in [3.8, 4) is 0 Å². The predicted molar refractivity (Wildman–Crippen MR) is 145 cm³/mol. The maximum atomic E-state index is 13.6. The molecule has 3 atom stereocenters. The molecule has 0 bridgehead atoms. The second-order valence-electron chi connectivity index (χ2n) is 11.6. The van der Waals surface area contributed by atoms with Crippen molar-refractivity contribution in [2.24, 2.45) is 16.8 Å². The summed E-state index contributed by atoms with van der Waals surface area (Å²) in [7, 11) is 5.63. The molecule has 2 aliphatic carbocycles. The van der Waals surface area contributed by atoms with Crippen molar-refractivity contribution in [2.75, 3.05) is 21.2 Å². The van der Waals surface area contributed by atoms with Gasteiger partial charge in [-0.1, -0.05) is 57.6 Å². The van der Waals surface area contributed by atoms with Gasteiger partial charge >= 0.3 is 6.16 Å². The standard InChI is InChI=1S/C30H46FN3O3/c1-5-19-30(37-29(35)36-4)27(34(21-32-30)26-9-7-6-8-10-26)20-22-11-13-23(14-12-22)28(33(2)3)24-15-17-25(31)18-16-24/h15-18,21-23,26-28H,5-14,19-20H2,1-4H3. The first-order valence-corrected chi connectivity index (χ1v) is 14.4. The third-order valence-electron chi connectivity index (χ3n) is 8.98. The molecular weight excluding hydrogens is 469 g/mol. The van der Waals surface area contributed by atoms with Crippen molar-refractivity contribution < 1.29 is 18.7 Å². The van der Waals surface area contributed by atoms with Crippen molar-refractivity contribution in [3.05, 3.63) is 35.6 Å². The Morgan fingerprint density at radius 3 is 2.38 bits per heavy atom. The topological polar surface area (TPSA) is 54.4 Å². The van der Waals surface area contributed by atoms with Crippen molar-refractivity contribution in [1.29, 1.82) is 0 Å². The number of carbonyl (C=O) groups is 1. The number of aliphatic imine (C=N–C) groups is 1. The van der Waals surface area contributed by atoms with Crippen molar-refractivity contribution >= 4 is 12.5 Å². The van der Waals surface area contributed by atoms with Gasteiger partial charge in [-0.15, -0.1) is 0 Å². The molecule has 7 heteroatoms. The monoisotopic (exact) mass is 515 g/mol. The van der Waals surface area contributed by atoms with Gasteiger partial charge in [0, 0.05) is 18.5 Å². The Bertz CT molecular complexity index is 894. The molecule has 4 rings (SSSR count). The molecule has 2 fully saturated rings. The summed E-state index contributed by atoms with van der Waals surface area (Å²) >= 11 is 0. The van der Waals surface area contributed by atoms with Crippen LogP contribution in [-0.4, -0.2) is 61.3 Å². The van der Waals surface area contributed by atoms with Gasteiger partial charge in [0.2, 0.25) is 5.72 Å². The lowest BCUT2D eigenvalue weighted by Gasteiger charge is -2.44. The lowest BCUT2D eigenvalue weighted by Crippen LogP contribution is -2.53. The average molecular weight is 516 g/mol. The van der Waals surface area contributed by atoms with E-state index in [1.165, 1.54) is 44.8 Å². The molecule has 1 aliphatic heterocycles. The van der Waals surface area contributed by atoms with Crippen molar-refractivity contribution in [2.45, 2.75) is 108 Å². The van der Waals surface area contributed by atoms with Crippen LogP contribution in [-0.2, 0) is 9.47 Å². The van der Waals surface area contributed by atoms with Gasteiger partial charge in [-0.25, -0.2) is 14.2 Å². The van der Waals surface area contributed by atoms with E-state index in [2.05, 4.69) is 30.8 Å². The molecule has 37 heavy (non-hydrogen) atoms. The third-order valence-corrected chi connectivity index (χ3v) is 8.98. The molecule has 0 radical (unpaired) electrons. The summed E-state index contributed by atoms with van der Waals surface area (Å²) in [6.07, 6.45) is 14.6. The molecule has 0 N–H and O–H groups in total. The maximum absolute atomic E-state index is 13.6. The van der Waals surface area contributed by atoms with E-state index in [-0.39, 0.29) is 17.9 Å². The molecule has 2 saturated carbocycles. The Hall–Kier alpha value is -2.15. The zero-order valence-electron chi connectivity index (χ0n) is 23.2. The fourth-order valence-corrected chi connectivity index (χ4v) is 7.23. The Morgan fingerprint density at radius 1 is 1.11 bits per heavy atom. The van der Waals surface area contributed by atoms with Gasteiger partial charge in [-0.05, 0) is 75.7 Å². The van der Waals surface area contributed by atoms with E-state index in [1.807, 2.05) is 18.5 Å². The SMILES string of the molecule is CCCC1(OC(=O)OC)N=CN(C2CCCCC2)C1CC1CCC(C(c2ccc(F)cc2)N(C)C)CC1. The first-order chi connectivity index (χ1) is 17.9. The van der Waals surface area contributed by atoms with Gasteiger partial charge in [0.25, 0.3) is 0 Å². The van der Waals surface area contributed by atoms with E-state index in [1.54, 1.807) is 12.1 Å². The first-order valence-electron chi connectivity index (χ1n) is 14.4. The average Bonchev–Trinajstić information content (AvgIpc) is 3.24.